The number of ether oxygens (including phenoxy) is 1. The van der Waals surface area contributed by atoms with Gasteiger partial charge in [0.2, 0.25) is 0 Å². The Bertz CT molecular complexity index is 1050. The van der Waals surface area contributed by atoms with Crippen LogP contribution in [0.2, 0.25) is 0 Å². The maximum Gasteiger partial charge on any atom is 0.435 e. The molecule has 0 saturated carbocycles. The Labute approximate surface area is 163 Å². The van der Waals surface area contributed by atoms with Crippen LogP contribution in [0.5, 0.6) is 0 Å². The van der Waals surface area contributed by atoms with E-state index >= 15 is 0 Å². The summed E-state index contributed by atoms with van der Waals surface area (Å²) in [5.74, 6) is -0.468. The van der Waals surface area contributed by atoms with Crippen LogP contribution in [-0.2, 0) is 17.5 Å². The molecule has 1 aliphatic rings. The van der Waals surface area contributed by atoms with Gasteiger partial charge in [-0.3, -0.25) is 4.90 Å². The molecule has 1 saturated heterocycles. The molecule has 0 amide bonds. The topological polar surface area (TPSA) is 30.3 Å². The minimum absolute atomic E-state index is 0.0503. The number of alkyl halides is 4. The van der Waals surface area contributed by atoms with Crippen molar-refractivity contribution in [2.45, 2.75) is 39.0 Å². The van der Waals surface area contributed by atoms with Gasteiger partial charge in [0, 0.05) is 48.7 Å². The Balaban J connectivity index is 1.74. The van der Waals surface area contributed by atoms with Gasteiger partial charge < -0.3 is 9.30 Å². The van der Waals surface area contributed by atoms with Crippen LogP contribution in [0.3, 0.4) is 0 Å². The molecule has 0 bridgehead atoms. The highest BCUT2D eigenvalue weighted by Crippen LogP contribution is 2.38. The zero-order chi connectivity index (χ0) is 20.9. The van der Waals surface area contributed by atoms with E-state index < -0.39 is 24.0 Å². The minimum Gasteiger partial charge on any atom is -0.342 e. The molecular formula is C20H20F5N3O. The number of benzene rings is 1. The van der Waals surface area contributed by atoms with Crippen LogP contribution in [0.1, 0.15) is 18.2 Å². The number of rotatable bonds is 5. The van der Waals surface area contributed by atoms with E-state index in [0.717, 1.165) is 6.20 Å². The number of hydrogen-bond acceptors (Lipinski definition) is 3. The summed E-state index contributed by atoms with van der Waals surface area (Å²) in [7, 11) is 0. The number of aryl methyl sites for hydroxylation is 1. The van der Waals surface area contributed by atoms with Gasteiger partial charge in [0.15, 0.2) is 12.1 Å². The molecule has 3 heterocycles. The number of fused-ring (bicyclic) bond motifs is 3. The summed E-state index contributed by atoms with van der Waals surface area (Å²) in [6.07, 6.45) is -5.09. The van der Waals surface area contributed by atoms with Crippen LogP contribution in [0, 0.1) is 12.7 Å². The molecule has 0 N–H and O–H groups in total. The van der Waals surface area contributed by atoms with Crippen LogP contribution >= 0.6 is 0 Å². The van der Waals surface area contributed by atoms with E-state index in [4.69, 9.17) is 4.74 Å². The van der Waals surface area contributed by atoms with Crippen molar-refractivity contribution in [1.82, 2.24) is 14.5 Å². The lowest BCUT2D eigenvalue weighted by molar-refractivity contribution is -0.140. The predicted octanol–water partition coefficient (Wildman–Crippen LogP) is 4.67. The molecule has 1 unspecified atom stereocenters. The average molecular weight is 413 g/mol. The molecule has 1 aliphatic heterocycles. The van der Waals surface area contributed by atoms with E-state index in [1.165, 1.54) is 19.1 Å². The Hall–Kier alpha value is -2.26. The zero-order valence-corrected chi connectivity index (χ0v) is 15.9. The van der Waals surface area contributed by atoms with Gasteiger partial charge in [-0.15, -0.1) is 0 Å². The molecule has 1 atom stereocenters. The van der Waals surface area contributed by atoms with E-state index in [0.29, 0.717) is 41.5 Å². The Morgan fingerprint density at radius 3 is 2.59 bits per heavy atom. The van der Waals surface area contributed by atoms with Crippen LogP contribution in [0.4, 0.5) is 22.0 Å². The van der Waals surface area contributed by atoms with Crippen LogP contribution in [0.25, 0.3) is 21.8 Å². The maximum absolute atomic E-state index is 14.1. The van der Waals surface area contributed by atoms with Crippen LogP contribution in [0.15, 0.2) is 24.4 Å². The van der Waals surface area contributed by atoms with Crippen molar-refractivity contribution in [3.8, 4) is 0 Å². The lowest BCUT2D eigenvalue weighted by atomic mass is 10.1. The van der Waals surface area contributed by atoms with E-state index in [1.807, 2.05) is 4.90 Å². The molecule has 0 spiro atoms. The van der Waals surface area contributed by atoms with Crippen molar-refractivity contribution in [3.63, 3.8) is 0 Å². The monoisotopic (exact) mass is 413 g/mol. The predicted molar refractivity (Wildman–Crippen MR) is 98.8 cm³/mol. The third-order valence-corrected chi connectivity index (χ3v) is 5.26. The fourth-order valence-corrected chi connectivity index (χ4v) is 3.91. The maximum atomic E-state index is 14.1. The summed E-state index contributed by atoms with van der Waals surface area (Å²) in [6.45, 7) is 4.65. The second-order valence-electron chi connectivity index (χ2n) is 7.38. The molecule has 4 rings (SSSR count). The summed E-state index contributed by atoms with van der Waals surface area (Å²) in [5.41, 5.74) is -0.147. The van der Waals surface area contributed by atoms with Crippen molar-refractivity contribution in [1.29, 1.82) is 0 Å². The molecule has 2 aromatic heterocycles. The van der Waals surface area contributed by atoms with Gasteiger partial charge in [-0.1, -0.05) is 0 Å². The van der Waals surface area contributed by atoms with Crippen LogP contribution < -0.4 is 0 Å². The fourth-order valence-electron chi connectivity index (χ4n) is 3.91. The Kier molecular flexibility index (Phi) is 4.98. The highest BCUT2D eigenvalue weighted by Gasteiger charge is 2.37. The molecule has 4 nitrogen and oxygen atoms in total. The van der Waals surface area contributed by atoms with Gasteiger partial charge >= 0.3 is 6.18 Å². The average Bonchev–Trinajstić information content (AvgIpc) is 2.89. The Morgan fingerprint density at radius 2 is 1.93 bits per heavy atom. The molecule has 9 heteroatoms. The van der Waals surface area contributed by atoms with Gasteiger partial charge in [-0.25, -0.2) is 13.8 Å². The quantitative estimate of drug-likeness (QED) is 0.570. The van der Waals surface area contributed by atoms with Gasteiger partial charge in [0.25, 0.3) is 0 Å². The summed E-state index contributed by atoms with van der Waals surface area (Å²) >= 11 is 0. The molecular weight excluding hydrogens is 393 g/mol. The number of nitrogens with zero attached hydrogens (tertiary/aromatic N) is 3. The lowest BCUT2D eigenvalue weighted by Crippen LogP contribution is -2.53. The van der Waals surface area contributed by atoms with Gasteiger partial charge in [0.1, 0.15) is 5.82 Å². The molecule has 0 radical (unpaired) electrons. The third kappa shape index (κ3) is 3.69. The molecule has 156 valence electrons. The van der Waals surface area contributed by atoms with Crippen molar-refractivity contribution in [2.75, 3.05) is 19.6 Å². The van der Waals surface area contributed by atoms with Crippen molar-refractivity contribution < 1.29 is 26.7 Å². The first-order valence-corrected chi connectivity index (χ1v) is 9.31. The first-order chi connectivity index (χ1) is 13.6. The van der Waals surface area contributed by atoms with E-state index in [-0.39, 0.29) is 18.2 Å². The number of aromatic nitrogens is 2. The third-order valence-electron chi connectivity index (χ3n) is 5.26. The molecule has 0 aliphatic carbocycles. The molecule has 29 heavy (non-hydrogen) atoms. The highest BCUT2D eigenvalue weighted by molar-refractivity contribution is 6.09. The summed E-state index contributed by atoms with van der Waals surface area (Å²) < 4.78 is 74.5. The number of pyridine rings is 1. The second-order valence-corrected chi connectivity index (χ2v) is 7.38. The van der Waals surface area contributed by atoms with E-state index in [1.54, 1.807) is 17.6 Å². The first kappa shape index (κ1) is 20.0. The van der Waals surface area contributed by atoms with E-state index in [2.05, 4.69) is 4.98 Å². The normalized spacial score (nSPS) is 17.2. The molecule has 1 aromatic carbocycles. The van der Waals surface area contributed by atoms with Crippen molar-refractivity contribution >= 4 is 21.8 Å². The number of hydrogen-bond donors (Lipinski definition) is 0. The molecule has 3 aromatic rings. The summed E-state index contributed by atoms with van der Waals surface area (Å²) in [4.78, 5) is 5.55. The smallest absolute Gasteiger partial charge is 0.342 e. The standard InChI is InChI=1S/C20H20F5N3O/c1-11-7-17-15(8-16(11)22)14-3-4-26-19(20(23,24)25)18(14)28(17)6-5-27-9-13(10-27)29-12(2)21/h3-4,7-8,12-13H,5-6,9-10H2,1-2H3. The SMILES string of the molecule is Cc1cc2c(cc1F)c1ccnc(C(F)(F)F)c1n2CCN1CC(OC(C)F)C1. The lowest BCUT2D eigenvalue weighted by Gasteiger charge is -2.39. The van der Waals surface area contributed by atoms with E-state index in [9.17, 15) is 22.0 Å². The van der Waals surface area contributed by atoms with Crippen LogP contribution in [-0.4, -0.2) is 46.5 Å². The highest BCUT2D eigenvalue weighted by atomic mass is 19.4. The van der Waals surface area contributed by atoms with Gasteiger partial charge in [-0.05, 0) is 37.6 Å². The number of halogens is 5. The van der Waals surface area contributed by atoms with Gasteiger partial charge in [-0.2, -0.15) is 13.2 Å². The second kappa shape index (κ2) is 7.21. The summed E-state index contributed by atoms with van der Waals surface area (Å²) in [6, 6.07) is 4.33. The number of likely N-dealkylation sites (tertiary alicyclic amines) is 1. The summed E-state index contributed by atoms with van der Waals surface area (Å²) in [5, 5.41) is 0.740. The first-order valence-electron chi connectivity index (χ1n) is 9.31. The van der Waals surface area contributed by atoms with Crippen molar-refractivity contribution in [3.05, 3.63) is 41.5 Å². The zero-order valence-electron chi connectivity index (χ0n) is 15.9. The largest absolute Gasteiger partial charge is 0.435 e. The van der Waals surface area contributed by atoms with Gasteiger partial charge in [0.05, 0.1) is 11.6 Å². The minimum atomic E-state index is -4.63. The van der Waals surface area contributed by atoms with Crippen molar-refractivity contribution in [2.24, 2.45) is 0 Å². The molecule has 1 fully saturated rings. The Morgan fingerprint density at radius 1 is 1.21 bits per heavy atom. The fraction of sp³-hybridized carbons (Fsp3) is 0.450.